The number of nitrogens with one attached hydrogen (secondary N) is 1. The molecule has 0 aliphatic carbocycles. The summed E-state index contributed by atoms with van der Waals surface area (Å²) in [5, 5.41) is 3.22. The number of aryl methyl sites for hydroxylation is 1. The molecule has 0 aliphatic heterocycles. The lowest BCUT2D eigenvalue weighted by atomic mass is 9.82. The van der Waals surface area contributed by atoms with Gasteiger partial charge in [-0.3, -0.25) is 9.78 Å². The van der Waals surface area contributed by atoms with Gasteiger partial charge in [-0.2, -0.15) is 0 Å². The molecule has 1 heterocycles. The molecule has 0 aliphatic rings. The van der Waals surface area contributed by atoms with E-state index in [9.17, 15) is 4.79 Å². The summed E-state index contributed by atoms with van der Waals surface area (Å²) in [6.45, 7) is 11.0. The van der Waals surface area contributed by atoms with E-state index in [0.29, 0.717) is 18.8 Å². The molecule has 1 rings (SSSR count). The summed E-state index contributed by atoms with van der Waals surface area (Å²) in [6, 6.07) is 6.05. The fourth-order valence-corrected chi connectivity index (χ4v) is 2.28. The van der Waals surface area contributed by atoms with Gasteiger partial charge < -0.3 is 5.32 Å². The molecule has 0 aromatic carbocycles. The monoisotopic (exact) mass is 290 g/mol. The smallest absolute Gasteiger partial charge is 0.220 e. The Balaban J connectivity index is 2.48. The van der Waals surface area contributed by atoms with Gasteiger partial charge >= 0.3 is 0 Å². The number of hydrogen-bond donors (Lipinski definition) is 1. The second kappa shape index (κ2) is 8.16. The molecule has 1 N–H and O–H groups in total. The molecule has 21 heavy (non-hydrogen) atoms. The molecule has 0 spiro atoms. The van der Waals surface area contributed by atoms with Gasteiger partial charge in [0, 0.05) is 24.4 Å². The Morgan fingerprint density at radius 2 is 1.95 bits per heavy atom. The Morgan fingerprint density at radius 3 is 2.48 bits per heavy atom. The third-order valence-electron chi connectivity index (χ3n) is 3.75. The van der Waals surface area contributed by atoms with Gasteiger partial charge in [0.15, 0.2) is 0 Å². The van der Waals surface area contributed by atoms with Crippen LogP contribution in [0.2, 0.25) is 0 Å². The van der Waals surface area contributed by atoms with Crippen molar-refractivity contribution in [1.82, 2.24) is 10.3 Å². The highest BCUT2D eigenvalue weighted by atomic mass is 16.1. The van der Waals surface area contributed by atoms with Crippen LogP contribution in [-0.4, -0.2) is 16.9 Å². The topological polar surface area (TPSA) is 42.0 Å². The van der Waals surface area contributed by atoms with E-state index in [2.05, 4.69) is 44.9 Å². The van der Waals surface area contributed by atoms with Gasteiger partial charge in [-0.25, -0.2) is 0 Å². The Hall–Kier alpha value is -1.38. The van der Waals surface area contributed by atoms with Crippen LogP contribution in [0, 0.1) is 11.3 Å². The van der Waals surface area contributed by atoms with E-state index in [1.807, 2.05) is 18.2 Å². The van der Waals surface area contributed by atoms with Crippen LogP contribution in [0.15, 0.2) is 24.4 Å². The van der Waals surface area contributed by atoms with Crippen LogP contribution >= 0.6 is 0 Å². The van der Waals surface area contributed by atoms with E-state index in [0.717, 1.165) is 18.5 Å². The Kier molecular flexibility index (Phi) is 6.86. The molecule has 3 heteroatoms. The highest BCUT2D eigenvalue weighted by molar-refractivity contribution is 5.76. The average molecular weight is 290 g/mol. The normalized spacial score (nSPS) is 13.2. The fraction of sp³-hybridized carbons (Fsp3) is 0.667. The lowest BCUT2D eigenvalue weighted by Gasteiger charge is -2.32. The summed E-state index contributed by atoms with van der Waals surface area (Å²) >= 11 is 0. The largest absolute Gasteiger partial charge is 0.353 e. The second-order valence-corrected chi connectivity index (χ2v) is 7.28. The first-order chi connectivity index (χ1) is 9.79. The van der Waals surface area contributed by atoms with Gasteiger partial charge in [0.2, 0.25) is 5.91 Å². The number of hydrogen-bond acceptors (Lipinski definition) is 2. The maximum Gasteiger partial charge on any atom is 0.220 e. The van der Waals surface area contributed by atoms with Gasteiger partial charge in [0.25, 0.3) is 0 Å². The molecule has 1 atom stereocenters. The van der Waals surface area contributed by atoms with Crippen LogP contribution in [0.25, 0.3) is 0 Å². The van der Waals surface area contributed by atoms with E-state index in [1.165, 1.54) is 0 Å². The van der Waals surface area contributed by atoms with E-state index in [1.54, 1.807) is 6.20 Å². The van der Waals surface area contributed by atoms with Gasteiger partial charge in [-0.15, -0.1) is 0 Å². The van der Waals surface area contributed by atoms with Crippen molar-refractivity contribution in [3.63, 3.8) is 0 Å². The molecular weight excluding hydrogens is 260 g/mol. The zero-order chi connectivity index (χ0) is 15.9. The number of pyridine rings is 1. The summed E-state index contributed by atoms with van der Waals surface area (Å²) in [5.41, 5.74) is 1.07. The quantitative estimate of drug-likeness (QED) is 0.825. The minimum Gasteiger partial charge on any atom is -0.353 e. The predicted molar refractivity (Wildman–Crippen MR) is 88.0 cm³/mol. The third-order valence-corrected chi connectivity index (χ3v) is 3.75. The van der Waals surface area contributed by atoms with E-state index in [-0.39, 0.29) is 17.4 Å². The summed E-state index contributed by atoms with van der Waals surface area (Å²) in [4.78, 5) is 16.4. The molecule has 3 nitrogen and oxygen atoms in total. The maximum atomic E-state index is 12.2. The van der Waals surface area contributed by atoms with Crippen molar-refractivity contribution in [2.75, 3.05) is 0 Å². The summed E-state index contributed by atoms with van der Waals surface area (Å²) in [7, 11) is 0. The first kappa shape index (κ1) is 17.7. The van der Waals surface area contributed by atoms with E-state index >= 15 is 0 Å². The molecule has 0 radical (unpaired) electrons. The summed E-state index contributed by atoms with van der Waals surface area (Å²) in [5.74, 6) is 0.796. The molecule has 0 bridgehead atoms. The molecule has 1 amide bonds. The summed E-state index contributed by atoms with van der Waals surface area (Å²) < 4.78 is 0. The number of nitrogens with zero attached hydrogens (tertiary/aromatic N) is 1. The van der Waals surface area contributed by atoms with Crippen LogP contribution in [0.5, 0.6) is 0 Å². The van der Waals surface area contributed by atoms with Crippen LogP contribution < -0.4 is 5.32 Å². The zero-order valence-electron chi connectivity index (χ0n) is 14.1. The molecule has 0 fully saturated rings. The van der Waals surface area contributed by atoms with E-state index < -0.39 is 0 Å². The zero-order valence-corrected chi connectivity index (χ0v) is 14.1. The standard InChI is InChI=1S/C18H30N2O/c1-14(2)9-11-16(18(3,4)5)20-17(21)12-10-15-8-6-7-13-19-15/h6-8,13-14,16H,9-12H2,1-5H3,(H,20,21). The van der Waals surface area contributed by atoms with Crippen LogP contribution in [0.1, 0.15) is 59.6 Å². The lowest BCUT2D eigenvalue weighted by Crippen LogP contribution is -2.44. The fourth-order valence-electron chi connectivity index (χ4n) is 2.28. The van der Waals surface area contributed by atoms with E-state index in [4.69, 9.17) is 0 Å². The van der Waals surface area contributed by atoms with Gasteiger partial charge in [0.05, 0.1) is 0 Å². The minimum absolute atomic E-state index is 0.0928. The predicted octanol–water partition coefficient (Wildman–Crippen LogP) is 3.98. The molecule has 0 saturated heterocycles. The van der Waals surface area contributed by atoms with Crippen molar-refractivity contribution in [3.05, 3.63) is 30.1 Å². The molecular formula is C18H30N2O. The summed E-state index contributed by atoms with van der Waals surface area (Å²) in [6.07, 6.45) is 5.16. The number of aromatic nitrogens is 1. The maximum absolute atomic E-state index is 12.2. The van der Waals surface area contributed by atoms with Crippen LogP contribution in [0.4, 0.5) is 0 Å². The Bertz CT molecular complexity index is 421. The number of amides is 1. The number of rotatable bonds is 7. The lowest BCUT2D eigenvalue weighted by molar-refractivity contribution is -0.122. The van der Waals surface area contributed by atoms with Gasteiger partial charge in [-0.05, 0) is 42.7 Å². The molecule has 1 aromatic heterocycles. The number of carbonyl (C=O) groups is 1. The molecule has 1 unspecified atom stereocenters. The first-order valence-electron chi connectivity index (χ1n) is 7.98. The van der Waals surface area contributed by atoms with Crippen molar-refractivity contribution in [1.29, 1.82) is 0 Å². The van der Waals surface area contributed by atoms with Crippen molar-refractivity contribution in [3.8, 4) is 0 Å². The second-order valence-electron chi connectivity index (χ2n) is 7.28. The van der Waals surface area contributed by atoms with Crippen molar-refractivity contribution >= 4 is 5.91 Å². The Labute approximate surface area is 129 Å². The third kappa shape index (κ3) is 7.26. The van der Waals surface area contributed by atoms with Crippen molar-refractivity contribution < 1.29 is 4.79 Å². The average Bonchev–Trinajstić information content (AvgIpc) is 2.41. The Morgan fingerprint density at radius 1 is 1.24 bits per heavy atom. The highest BCUT2D eigenvalue weighted by Gasteiger charge is 2.25. The van der Waals surface area contributed by atoms with Gasteiger partial charge in [0.1, 0.15) is 0 Å². The number of carbonyl (C=O) groups excluding carboxylic acids is 1. The van der Waals surface area contributed by atoms with Crippen molar-refractivity contribution in [2.24, 2.45) is 11.3 Å². The SMILES string of the molecule is CC(C)CCC(NC(=O)CCc1ccccn1)C(C)(C)C. The molecule has 0 saturated carbocycles. The first-order valence-corrected chi connectivity index (χ1v) is 7.98. The van der Waals surface area contributed by atoms with Gasteiger partial charge in [-0.1, -0.05) is 40.7 Å². The molecule has 118 valence electrons. The van der Waals surface area contributed by atoms with Crippen molar-refractivity contribution in [2.45, 2.75) is 66.3 Å². The van der Waals surface area contributed by atoms with Crippen LogP contribution in [0.3, 0.4) is 0 Å². The highest BCUT2D eigenvalue weighted by Crippen LogP contribution is 2.24. The molecule has 1 aromatic rings. The minimum atomic E-state index is 0.0928. The van der Waals surface area contributed by atoms with Crippen LogP contribution in [-0.2, 0) is 11.2 Å².